The monoisotopic (exact) mass is 267 g/mol. The zero-order valence-electron chi connectivity index (χ0n) is 11.6. The molecule has 0 amide bonds. The summed E-state index contributed by atoms with van der Waals surface area (Å²) >= 11 is 0. The Hall–Kier alpha value is -1.43. The van der Waals surface area contributed by atoms with Crippen molar-refractivity contribution in [3.8, 4) is 0 Å². The van der Waals surface area contributed by atoms with E-state index in [2.05, 4.69) is 22.0 Å². The van der Waals surface area contributed by atoms with Crippen LogP contribution in [0, 0.1) is 5.92 Å². The molecule has 6 nitrogen and oxygen atoms in total. The lowest BCUT2D eigenvalue weighted by Crippen LogP contribution is -2.38. The fraction of sp³-hybridized carbons (Fsp3) is 0.769. The smallest absolute Gasteiger partial charge is 0.309 e. The molecule has 106 valence electrons. The summed E-state index contributed by atoms with van der Waals surface area (Å²) in [6.45, 7) is 4.36. The third-order valence-corrected chi connectivity index (χ3v) is 3.38. The van der Waals surface area contributed by atoms with Crippen molar-refractivity contribution in [1.82, 2.24) is 15.0 Å². The van der Waals surface area contributed by atoms with E-state index in [0.29, 0.717) is 19.0 Å². The molecule has 1 saturated heterocycles. The van der Waals surface area contributed by atoms with Crippen molar-refractivity contribution >= 4 is 5.97 Å². The van der Waals surface area contributed by atoms with Gasteiger partial charge in [0.2, 0.25) is 5.89 Å². The van der Waals surface area contributed by atoms with Crippen LogP contribution in [0.3, 0.4) is 0 Å². The molecule has 1 unspecified atom stereocenters. The molecule has 0 aromatic carbocycles. The highest BCUT2D eigenvalue weighted by Crippen LogP contribution is 2.19. The van der Waals surface area contributed by atoms with Gasteiger partial charge >= 0.3 is 5.97 Å². The van der Waals surface area contributed by atoms with Gasteiger partial charge in [-0.2, -0.15) is 4.98 Å². The van der Waals surface area contributed by atoms with Crippen molar-refractivity contribution in [3.05, 3.63) is 11.7 Å². The average Bonchev–Trinajstić information content (AvgIpc) is 2.86. The van der Waals surface area contributed by atoms with Crippen LogP contribution in [-0.2, 0) is 22.5 Å². The molecule has 0 N–H and O–H groups in total. The molecule has 0 aliphatic carbocycles. The maximum atomic E-state index is 11.6. The van der Waals surface area contributed by atoms with Crippen molar-refractivity contribution in [2.75, 3.05) is 20.2 Å². The Kier molecular flexibility index (Phi) is 4.90. The van der Waals surface area contributed by atoms with Crippen molar-refractivity contribution < 1.29 is 14.1 Å². The second kappa shape index (κ2) is 6.65. The van der Waals surface area contributed by atoms with Gasteiger partial charge in [0.05, 0.1) is 19.6 Å². The van der Waals surface area contributed by atoms with Gasteiger partial charge in [-0.05, 0) is 25.8 Å². The molecule has 1 aromatic heterocycles. The summed E-state index contributed by atoms with van der Waals surface area (Å²) in [5, 5.41) is 3.94. The molecule has 0 saturated carbocycles. The maximum absolute atomic E-state index is 11.6. The number of aromatic nitrogens is 2. The van der Waals surface area contributed by atoms with Crippen LogP contribution < -0.4 is 0 Å². The Balaban J connectivity index is 1.89. The SMILES string of the molecule is CCCc1noc(CN2CCCC(C(=O)OC)C2)n1. The second-order valence-electron chi connectivity index (χ2n) is 4.95. The van der Waals surface area contributed by atoms with Crippen LogP contribution in [0.15, 0.2) is 4.52 Å². The van der Waals surface area contributed by atoms with Gasteiger partial charge in [-0.15, -0.1) is 0 Å². The molecule has 2 rings (SSSR count). The van der Waals surface area contributed by atoms with Crippen LogP contribution in [0.25, 0.3) is 0 Å². The number of ether oxygens (including phenoxy) is 1. The number of esters is 1. The lowest BCUT2D eigenvalue weighted by Gasteiger charge is -2.29. The van der Waals surface area contributed by atoms with Crippen LogP contribution in [0.5, 0.6) is 0 Å². The normalized spacial score (nSPS) is 20.4. The number of rotatable bonds is 5. The predicted molar refractivity (Wildman–Crippen MR) is 68.3 cm³/mol. The first-order valence-corrected chi connectivity index (χ1v) is 6.84. The molecule has 1 fully saturated rings. The van der Waals surface area contributed by atoms with E-state index in [0.717, 1.165) is 38.1 Å². The van der Waals surface area contributed by atoms with Crippen molar-refractivity contribution in [1.29, 1.82) is 0 Å². The molecule has 0 bridgehead atoms. The summed E-state index contributed by atoms with van der Waals surface area (Å²) < 4.78 is 10.0. The van der Waals surface area contributed by atoms with E-state index in [1.54, 1.807) is 0 Å². The van der Waals surface area contributed by atoms with E-state index in [4.69, 9.17) is 9.26 Å². The van der Waals surface area contributed by atoms with Gasteiger partial charge in [0.15, 0.2) is 5.82 Å². The molecule has 1 atom stereocenters. The van der Waals surface area contributed by atoms with Gasteiger partial charge < -0.3 is 9.26 Å². The van der Waals surface area contributed by atoms with E-state index in [1.807, 2.05) is 0 Å². The van der Waals surface area contributed by atoms with Gasteiger partial charge in [-0.1, -0.05) is 12.1 Å². The van der Waals surface area contributed by atoms with Gasteiger partial charge in [0.1, 0.15) is 0 Å². The summed E-state index contributed by atoms with van der Waals surface area (Å²) in [5.41, 5.74) is 0. The first kappa shape index (κ1) is 14.0. The molecule has 6 heteroatoms. The first-order chi connectivity index (χ1) is 9.22. The van der Waals surface area contributed by atoms with Crippen molar-refractivity contribution in [2.45, 2.75) is 39.2 Å². The molecule has 2 heterocycles. The third-order valence-electron chi connectivity index (χ3n) is 3.38. The highest BCUT2D eigenvalue weighted by atomic mass is 16.5. The highest BCUT2D eigenvalue weighted by Gasteiger charge is 2.27. The highest BCUT2D eigenvalue weighted by molar-refractivity contribution is 5.72. The Morgan fingerprint density at radius 3 is 3.16 bits per heavy atom. The minimum Gasteiger partial charge on any atom is -0.469 e. The molecule has 1 aromatic rings. The summed E-state index contributed by atoms with van der Waals surface area (Å²) in [6.07, 6.45) is 3.74. The number of hydrogen-bond acceptors (Lipinski definition) is 6. The van der Waals surface area contributed by atoms with Crippen LogP contribution >= 0.6 is 0 Å². The number of piperidine rings is 1. The third kappa shape index (κ3) is 3.76. The summed E-state index contributed by atoms with van der Waals surface area (Å²) in [6, 6.07) is 0. The van der Waals surface area contributed by atoms with E-state index in [1.165, 1.54) is 7.11 Å². The van der Waals surface area contributed by atoms with Gasteiger partial charge in [-0.3, -0.25) is 9.69 Å². The number of nitrogens with zero attached hydrogens (tertiary/aromatic N) is 3. The molecule has 19 heavy (non-hydrogen) atoms. The molecule has 0 radical (unpaired) electrons. The van der Waals surface area contributed by atoms with E-state index in [9.17, 15) is 4.79 Å². The van der Waals surface area contributed by atoms with Crippen molar-refractivity contribution in [2.24, 2.45) is 5.92 Å². The van der Waals surface area contributed by atoms with E-state index < -0.39 is 0 Å². The number of aryl methyl sites for hydroxylation is 1. The topological polar surface area (TPSA) is 68.5 Å². The fourth-order valence-corrected chi connectivity index (χ4v) is 2.43. The van der Waals surface area contributed by atoms with Crippen LogP contribution in [0.4, 0.5) is 0 Å². The zero-order valence-corrected chi connectivity index (χ0v) is 11.6. The molecular formula is C13H21N3O3. The summed E-state index contributed by atoms with van der Waals surface area (Å²) in [5.74, 6) is 1.24. The van der Waals surface area contributed by atoms with Crippen molar-refractivity contribution in [3.63, 3.8) is 0 Å². The molecule has 1 aliphatic heterocycles. The lowest BCUT2D eigenvalue weighted by atomic mass is 9.98. The van der Waals surface area contributed by atoms with Crippen LogP contribution in [0.2, 0.25) is 0 Å². The zero-order chi connectivity index (χ0) is 13.7. The Morgan fingerprint density at radius 2 is 2.42 bits per heavy atom. The number of methoxy groups -OCH3 is 1. The maximum Gasteiger partial charge on any atom is 0.309 e. The van der Waals surface area contributed by atoms with E-state index >= 15 is 0 Å². The molecule has 0 spiro atoms. The van der Waals surface area contributed by atoms with Gasteiger partial charge in [0, 0.05) is 13.0 Å². The van der Waals surface area contributed by atoms with Gasteiger partial charge in [0.25, 0.3) is 0 Å². The Morgan fingerprint density at radius 1 is 1.58 bits per heavy atom. The number of carbonyl (C=O) groups is 1. The van der Waals surface area contributed by atoms with Crippen LogP contribution in [-0.4, -0.2) is 41.2 Å². The minimum atomic E-state index is -0.123. The fourth-order valence-electron chi connectivity index (χ4n) is 2.43. The second-order valence-corrected chi connectivity index (χ2v) is 4.95. The average molecular weight is 267 g/mol. The number of carbonyl (C=O) groups excluding carboxylic acids is 1. The Labute approximate surface area is 113 Å². The number of hydrogen-bond donors (Lipinski definition) is 0. The summed E-state index contributed by atoms with van der Waals surface area (Å²) in [4.78, 5) is 18.1. The molecular weight excluding hydrogens is 246 g/mol. The predicted octanol–water partition coefficient (Wildman–Crippen LogP) is 1.41. The standard InChI is InChI=1S/C13H21N3O3/c1-3-5-11-14-12(19-15-11)9-16-7-4-6-10(8-16)13(17)18-2/h10H,3-9H2,1-2H3. The minimum absolute atomic E-state index is 0.0308. The quantitative estimate of drug-likeness (QED) is 0.751. The van der Waals surface area contributed by atoms with Crippen LogP contribution in [0.1, 0.15) is 37.9 Å². The molecule has 1 aliphatic rings. The lowest BCUT2D eigenvalue weighted by molar-refractivity contribution is -0.147. The largest absolute Gasteiger partial charge is 0.469 e. The van der Waals surface area contributed by atoms with E-state index in [-0.39, 0.29) is 11.9 Å². The summed E-state index contributed by atoms with van der Waals surface area (Å²) in [7, 11) is 1.44. The Bertz CT molecular complexity index is 419. The van der Waals surface area contributed by atoms with Gasteiger partial charge in [-0.25, -0.2) is 0 Å². The number of likely N-dealkylation sites (tertiary alicyclic amines) is 1. The first-order valence-electron chi connectivity index (χ1n) is 6.84.